The van der Waals surface area contributed by atoms with Gasteiger partial charge in [0.1, 0.15) is 11.4 Å². The zero-order valence-electron chi connectivity index (χ0n) is 19.6. The summed E-state index contributed by atoms with van der Waals surface area (Å²) >= 11 is 0. The first-order chi connectivity index (χ1) is 15.6. The Hall–Kier alpha value is -2.52. The summed E-state index contributed by atoms with van der Waals surface area (Å²) in [6.07, 6.45) is 1.44. The SMILES string of the molecule is CC(=O)N1CCN([C@@H]2CCC[C@@H](NC(=O)C(C)(C)NC(=O)Cc3ccccc3F)[C@H]2O)CC1. The molecule has 8 nitrogen and oxygen atoms in total. The van der Waals surface area contributed by atoms with Gasteiger partial charge in [-0.15, -0.1) is 0 Å². The summed E-state index contributed by atoms with van der Waals surface area (Å²) in [7, 11) is 0. The highest BCUT2D eigenvalue weighted by molar-refractivity contribution is 5.91. The second-order valence-corrected chi connectivity index (χ2v) is 9.55. The fourth-order valence-corrected chi connectivity index (χ4v) is 4.69. The summed E-state index contributed by atoms with van der Waals surface area (Å²) in [4.78, 5) is 41.0. The lowest BCUT2D eigenvalue weighted by molar-refractivity contribution is -0.134. The first-order valence-electron chi connectivity index (χ1n) is 11.6. The van der Waals surface area contributed by atoms with Crippen LogP contribution in [0.5, 0.6) is 0 Å². The number of rotatable bonds is 6. The van der Waals surface area contributed by atoms with Crippen molar-refractivity contribution in [1.29, 1.82) is 0 Å². The van der Waals surface area contributed by atoms with E-state index in [1.807, 2.05) is 0 Å². The Balaban J connectivity index is 1.55. The van der Waals surface area contributed by atoms with Gasteiger partial charge in [-0.05, 0) is 44.7 Å². The Bertz CT molecular complexity index is 870. The van der Waals surface area contributed by atoms with Crippen molar-refractivity contribution >= 4 is 17.7 Å². The van der Waals surface area contributed by atoms with Crippen molar-refractivity contribution in [3.05, 3.63) is 35.6 Å². The number of carbonyl (C=O) groups is 3. The van der Waals surface area contributed by atoms with Crippen LogP contribution in [-0.4, -0.2) is 82.5 Å². The van der Waals surface area contributed by atoms with E-state index < -0.39 is 35.3 Å². The molecule has 182 valence electrons. The van der Waals surface area contributed by atoms with Gasteiger partial charge >= 0.3 is 0 Å². The van der Waals surface area contributed by atoms with Crippen LogP contribution in [0.25, 0.3) is 0 Å². The van der Waals surface area contributed by atoms with Crippen LogP contribution in [0.2, 0.25) is 0 Å². The van der Waals surface area contributed by atoms with Crippen LogP contribution >= 0.6 is 0 Å². The molecule has 1 aliphatic carbocycles. The Kier molecular flexibility index (Phi) is 8.07. The van der Waals surface area contributed by atoms with E-state index in [1.54, 1.807) is 37.8 Å². The van der Waals surface area contributed by atoms with Crippen LogP contribution in [0.4, 0.5) is 4.39 Å². The molecule has 9 heteroatoms. The molecule has 33 heavy (non-hydrogen) atoms. The average Bonchev–Trinajstić information content (AvgIpc) is 2.76. The van der Waals surface area contributed by atoms with Gasteiger partial charge in [0.05, 0.1) is 18.6 Å². The largest absolute Gasteiger partial charge is 0.389 e. The highest BCUT2D eigenvalue weighted by Gasteiger charge is 2.39. The summed E-state index contributed by atoms with van der Waals surface area (Å²) in [6, 6.07) is 5.53. The lowest BCUT2D eigenvalue weighted by Crippen LogP contribution is -2.63. The van der Waals surface area contributed by atoms with E-state index in [9.17, 15) is 23.9 Å². The van der Waals surface area contributed by atoms with Crippen LogP contribution in [0.15, 0.2) is 24.3 Å². The van der Waals surface area contributed by atoms with Gasteiger partial charge in [0.15, 0.2) is 0 Å². The van der Waals surface area contributed by atoms with Crippen molar-refractivity contribution in [1.82, 2.24) is 20.4 Å². The van der Waals surface area contributed by atoms with Crippen molar-refractivity contribution in [3.63, 3.8) is 0 Å². The zero-order valence-corrected chi connectivity index (χ0v) is 19.6. The summed E-state index contributed by atoms with van der Waals surface area (Å²) in [5.41, 5.74) is -0.955. The second kappa shape index (κ2) is 10.6. The Morgan fingerprint density at radius 3 is 2.42 bits per heavy atom. The number of aliphatic hydroxyl groups is 1. The number of nitrogens with one attached hydrogen (secondary N) is 2. The van der Waals surface area contributed by atoms with Crippen molar-refractivity contribution in [2.45, 2.75) is 70.2 Å². The number of carbonyl (C=O) groups excluding carboxylic acids is 3. The van der Waals surface area contributed by atoms with E-state index in [0.29, 0.717) is 32.6 Å². The lowest BCUT2D eigenvalue weighted by Gasteiger charge is -2.45. The maximum Gasteiger partial charge on any atom is 0.245 e. The quantitative estimate of drug-likeness (QED) is 0.581. The molecule has 1 saturated carbocycles. The van der Waals surface area contributed by atoms with Gasteiger partial charge in [0.2, 0.25) is 17.7 Å². The summed E-state index contributed by atoms with van der Waals surface area (Å²) in [6.45, 7) is 7.41. The van der Waals surface area contributed by atoms with E-state index in [0.717, 1.165) is 12.8 Å². The molecule has 3 amide bonds. The zero-order chi connectivity index (χ0) is 24.2. The molecule has 0 aromatic heterocycles. The number of hydrogen-bond donors (Lipinski definition) is 3. The molecule has 0 bridgehead atoms. The molecule has 1 saturated heterocycles. The minimum atomic E-state index is -1.22. The first kappa shape index (κ1) is 25.1. The fraction of sp³-hybridized carbons (Fsp3) is 0.625. The van der Waals surface area contributed by atoms with Gasteiger partial charge in [0, 0.05) is 39.1 Å². The predicted octanol–water partition coefficient (Wildman–Crippen LogP) is 0.825. The molecule has 3 rings (SSSR count). The molecule has 3 N–H and O–H groups in total. The number of piperazine rings is 1. The summed E-state index contributed by atoms with van der Waals surface area (Å²) in [5.74, 6) is -1.25. The third kappa shape index (κ3) is 6.29. The smallest absolute Gasteiger partial charge is 0.245 e. The van der Waals surface area contributed by atoms with Crippen LogP contribution in [0.1, 0.15) is 45.6 Å². The van der Waals surface area contributed by atoms with Crippen LogP contribution < -0.4 is 10.6 Å². The standard InChI is InChI=1S/C24H35FN4O4/c1-16(30)28-11-13-29(14-12-28)20-10-6-9-19(22(20)32)26-23(33)24(2,3)27-21(31)15-17-7-4-5-8-18(17)25/h4-5,7-8,19-20,22,32H,6,9-15H2,1-3H3,(H,26,33)(H,27,31)/t19-,20-,22-/m1/s1. The molecule has 1 heterocycles. The van der Waals surface area contributed by atoms with E-state index in [1.165, 1.54) is 12.1 Å². The van der Waals surface area contributed by atoms with Crippen LogP contribution in [-0.2, 0) is 20.8 Å². The maximum absolute atomic E-state index is 13.8. The molecule has 0 radical (unpaired) electrons. The number of halogens is 1. The van der Waals surface area contributed by atoms with Gasteiger partial charge in [-0.1, -0.05) is 18.2 Å². The van der Waals surface area contributed by atoms with Crippen molar-refractivity contribution in [2.75, 3.05) is 26.2 Å². The summed E-state index contributed by atoms with van der Waals surface area (Å²) in [5, 5.41) is 16.6. The van der Waals surface area contributed by atoms with Gasteiger partial charge < -0.3 is 20.6 Å². The minimum Gasteiger partial charge on any atom is -0.389 e. The van der Waals surface area contributed by atoms with Gasteiger partial charge in [-0.3, -0.25) is 19.3 Å². The highest BCUT2D eigenvalue weighted by atomic mass is 19.1. The fourth-order valence-electron chi connectivity index (χ4n) is 4.69. The molecule has 1 aromatic rings. The Morgan fingerprint density at radius 2 is 1.79 bits per heavy atom. The molecular formula is C24H35FN4O4. The van der Waals surface area contributed by atoms with Gasteiger partial charge in [-0.25, -0.2) is 4.39 Å². The second-order valence-electron chi connectivity index (χ2n) is 9.55. The first-order valence-corrected chi connectivity index (χ1v) is 11.6. The molecule has 2 aliphatic rings. The maximum atomic E-state index is 13.8. The van der Waals surface area contributed by atoms with E-state index in [2.05, 4.69) is 15.5 Å². The third-order valence-electron chi connectivity index (χ3n) is 6.70. The lowest BCUT2D eigenvalue weighted by atomic mass is 9.86. The topological polar surface area (TPSA) is 102 Å². The molecular weight excluding hydrogens is 427 g/mol. The Morgan fingerprint density at radius 1 is 1.12 bits per heavy atom. The van der Waals surface area contributed by atoms with Crippen molar-refractivity contribution in [3.8, 4) is 0 Å². The molecule has 2 fully saturated rings. The number of hydrogen-bond acceptors (Lipinski definition) is 5. The molecule has 0 unspecified atom stereocenters. The molecule has 1 aliphatic heterocycles. The predicted molar refractivity (Wildman–Crippen MR) is 122 cm³/mol. The van der Waals surface area contributed by atoms with Gasteiger partial charge in [0.25, 0.3) is 0 Å². The normalized spacial score (nSPS) is 24.3. The number of aliphatic hydroxyl groups excluding tert-OH is 1. The number of amides is 3. The minimum absolute atomic E-state index is 0.0586. The molecule has 0 spiro atoms. The van der Waals surface area contributed by atoms with Crippen LogP contribution in [0.3, 0.4) is 0 Å². The van der Waals surface area contributed by atoms with Crippen molar-refractivity contribution in [2.24, 2.45) is 0 Å². The highest BCUT2D eigenvalue weighted by Crippen LogP contribution is 2.25. The molecule has 3 atom stereocenters. The van der Waals surface area contributed by atoms with E-state index >= 15 is 0 Å². The third-order valence-corrected chi connectivity index (χ3v) is 6.70. The summed E-state index contributed by atoms with van der Waals surface area (Å²) < 4.78 is 13.8. The van der Waals surface area contributed by atoms with Gasteiger partial charge in [-0.2, -0.15) is 0 Å². The molecule has 1 aromatic carbocycles. The monoisotopic (exact) mass is 462 g/mol. The van der Waals surface area contributed by atoms with Crippen molar-refractivity contribution < 1.29 is 23.9 Å². The van der Waals surface area contributed by atoms with Crippen LogP contribution in [0, 0.1) is 5.82 Å². The van der Waals surface area contributed by atoms with E-state index in [4.69, 9.17) is 0 Å². The van der Waals surface area contributed by atoms with E-state index in [-0.39, 0.29) is 23.9 Å². The number of benzene rings is 1. The number of nitrogens with zero attached hydrogens (tertiary/aromatic N) is 2. The average molecular weight is 463 g/mol. The Labute approximate surface area is 194 Å².